The fraction of sp³-hybridized carbons (Fsp3) is 0.263. The molecule has 0 bridgehead atoms. The predicted octanol–water partition coefficient (Wildman–Crippen LogP) is 4.52. The molecule has 2 rings (SSSR count). The van der Waals surface area contributed by atoms with Gasteiger partial charge in [-0.15, -0.1) is 0 Å². The maximum Gasteiger partial charge on any atom is 0.343 e. The molecule has 0 aliphatic rings. The average Bonchev–Trinajstić information content (AvgIpc) is 2.55. The molecule has 0 radical (unpaired) electrons. The number of para-hydroxylation sites is 1. The van der Waals surface area contributed by atoms with Crippen LogP contribution in [-0.2, 0) is 0 Å². The molecule has 0 fully saturated rings. The van der Waals surface area contributed by atoms with Gasteiger partial charge in [0.15, 0.2) is 5.78 Å². The summed E-state index contributed by atoms with van der Waals surface area (Å²) < 4.78 is 5.27. The molecule has 0 saturated heterocycles. The van der Waals surface area contributed by atoms with Crippen molar-refractivity contribution < 1.29 is 14.3 Å². The Morgan fingerprint density at radius 1 is 0.909 bits per heavy atom. The van der Waals surface area contributed by atoms with E-state index in [1.807, 2.05) is 26.8 Å². The number of esters is 1. The summed E-state index contributed by atoms with van der Waals surface area (Å²) in [5.41, 5.74) is 0.643. The Morgan fingerprint density at radius 2 is 1.45 bits per heavy atom. The lowest BCUT2D eigenvalue weighted by molar-refractivity contribution is 0.0733. The first-order valence-electron chi connectivity index (χ1n) is 7.36. The van der Waals surface area contributed by atoms with Crippen LogP contribution in [0, 0.1) is 5.41 Å². The summed E-state index contributed by atoms with van der Waals surface area (Å²) in [4.78, 5) is 24.4. The zero-order chi connectivity index (χ0) is 16.2. The Balaban J connectivity index is 2.12. The largest absolute Gasteiger partial charge is 0.423 e. The smallest absolute Gasteiger partial charge is 0.343 e. The molecular formula is C19H20O3. The molecule has 0 aliphatic heterocycles. The second-order valence-electron chi connectivity index (χ2n) is 5.85. The molecule has 0 amide bonds. The first-order valence-corrected chi connectivity index (χ1v) is 7.36. The van der Waals surface area contributed by atoms with Gasteiger partial charge in [0.05, 0.1) is 5.56 Å². The van der Waals surface area contributed by atoms with Crippen molar-refractivity contribution in [1.29, 1.82) is 0 Å². The molecule has 3 heteroatoms. The number of rotatable bonds is 5. The summed E-state index contributed by atoms with van der Waals surface area (Å²) in [5, 5.41) is 0. The number of carbonyl (C=O) groups is 2. The van der Waals surface area contributed by atoms with Crippen molar-refractivity contribution in [2.75, 3.05) is 0 Å². The van der Waals surface area contributed by atoms with Crippen LogP contribution < -0.4 is 4.74 Å². The van der Waals surface area contributed by atoms with Crippen LogP contribution in [0.25, 0.3) is 0 Å². The predicted molar refractivity (Wildman–Crippen MR) is 86.2 cm³/mol. The third-order valence-electron chi connectivity index (χ3n) is 3.84. The van der Waals surface area contributed by atoms with Gasteiger partial charge in [-0.3, -0.25) is 4.79 Å². The van der Waals surface area contributed by atoms with Gasteiger partial charge in [0, 0.05) is 11.0 Å². The van der Waals surface area contributed by atoms with E-state index >= 15 is 0 Å². The highest BCUT2D eigenvalue weighted by molar-refractivity contribution is 6.01. The molecule has 0 atom stereocenters. The molecule has 0 unspecified atom stereocenters. The summed E-state index contributed by atoms with van der Waals surface area (Å²) in [6, 6.07) is 15.5. The van der Waals surface area contributed by atoms with E-state index in [1.165, 1.54) is 0 Å². The van der Waals surface area contributed by atoms with Gasteiger partial charge in [0.1, 0.15) is 5.75 Å². The Labute approximate surface area is 130 Å². The Hall–Kier alpha value is -2.42. The van der Waals surface area contributed by atoms with E-state index in [0.29, 0.717) is 16.9 Å². The fourth-order valence-electron chi connectivity index (χ4n) is 1.96. The molecule has 0 N–H and O–H groups in total. The second kappa shape index (κ2) is 6.56. The topological polar surface area (TPSA) is 43.4 Å². The van der Waals surface area contributed by atoms with E-state index < -0.39 is 11.4 Å². The molecule has 0 aliphatic carbocycles. The van der Waals surface area contributed by atoms with Crippen LogP contribution >= 0.6 is 0 Å². The van der Waals surface area contributed by atoms with Gasteiger partial charge >= 0.3 is 5.97 Å². The van der Waals surface area contributed by atoms with Gasteiger partial charge < -0.3 is 4.74 Å². The van der Waals surface area contributed by atoms with Crippen LogP contribution in [0.4, 0.5) is 0 Å². The monoisotopic (exact) mass is 296 g/mol. The third kappa shape index (κ3) is 3.61. The quantitative estimate of drug-likeness (QED) is 0.462. The fourth-order valence-corrected chi connectivity index (χ4v) is 1.96. The maximum absolute atomic E-state index is 12.4. The standard InChI is InChI=1S/C19H20O3/c1-4-19(2,3)17(20)14-10-12-15(13-11-14)18(21)22-16-8-6-5-7-9-16/h5-13H,4H2,1-3H3. The average molecular weight is 296 g/mol. The van der Waals surface area contributed by atoms with Crippen molar-refractivity contribution in [2.45, 2.75) is 27.2 Å². The normalized spacial score (nSPS) is 11.0. The van der Waals surface area contributed by atoms with E-state index in [2.05, 4.69) is 0 Å². The summed E-state index contributed by atoms with van der Waals surface area (Å²) in [7, 11) is 0. The summed E-state index contributed by atoms with van der Waals surface area (Å²) in [6.07, 6.45) is 0.767. The van der Waals surface area contributed by atoms with Gasteiger partial charge in [-0.05, 0) is 30.7 Å². The second-order valence-corrected chi connectivity index (χ2v) is 5.85. The highest BCUT2D eigenvalue weighted by atomic mass is 16.5. The van der Waals surface area contributed by atoms with E-state index in [0.717, 1.165) is 6.42 Å². The highest BCUT2D eigenvalue weighted by Gasteiger charge is 2.26. The lowest BCUT2D eigenvalue weighted by Crippen LogP contribution is -2.23. The van der Waals surface area contributed by atoms with Crippen LogP contribution in [0.15, 0.2) is 54.6 Å². The van der Waals surface area contributed by atoms with E-state index in [4.69, 9.17) is 4.74 Å². The van der Waals surface area contributed by atoms with Crippen LogP contribution in [-0.4, -0.2) is 11.8 Å². The molecule has 2 aromatic rings. The Morgan fingerprint density at radius 3 is 2.00 bits per heavy atom. The third-order valence-corrected chi connectivity index (χ3v) is 3.84. The molecule has 0 spiro atoms. The summed E-state index contributed by atoms with van der Waals surface area (Å²) >= 11 is 0. The number of carbonyl (C=O) groups excluding carboxylic acids is 2. The van der Waals surface area contributed by atoms with Gasteiger partial charge in [0.25, 0.3) is 0 Å². The molecule has 0 heterocycles. The van der Waals surface area contributed by atoms with E-state index in [-0.39, 0.29) is 5.78 Å². The molecule has 2 aromatic carbocycles. The van der Waals surface area contributed by atoms with Crippen molar-refractivity contribution in [1.82, 2.24) is 0 Å². The number of ketones is 1. The summed E-state index contributed by atoms with van der Waals surface area (Å²) in [5.74, 6) is 0.151. The molecule has 0 saturated carbocycles. The van der Waals surface area contributed by atoms with Gasteiger partial charge in [-0.1, -0.05) is 51.1 Å². The molecule has 3 nitrogen and oxygen atoms in total. The van der Waals surface area contributed by atoms with Crippen LogP contribution in [0.1, 0.15) is 47.9 Å². The highest BCUT2D eigenvalue weighted by Crippen LogP contribution is 2.25. The van der Waals surface area contributed by atoms with Crippen molar-refractivity contribution in [3.63, 3.8) is 0 Å². The first-order chi connectivity index (χ1) is 10.4. The van der Waals surface area contributed by atoms with Gasteiger partial charge in [-0.25, -0.2) is 4.79 Å². The number of hydrogen-bond donors (Lipinski definition) is 0. The lowest BCUT2D eigenvalue weighted by atomic mass is 9.82. The van der Waals surface area contributed by atoms with E-state index in [1.54, 1.807) is 48.5 Å². The number of hydrogen-bond acceptors (Lipinski definition) is 3. The first kappa shape index (κ1) is 16.0. The van der Waals surface area contributed by atoms with Crippen molar-refractivity contribution in [2.24, 2.45) is 5.41 Å². The minimum absolute atomic E-state index is 0.0815. The summed E-state index contributed by atoms with van der Waals surface area (Å²) in [6.45, 7) is 5.84. The zero-order valence-electron chi connectivity index (χ0n) is 13.1. The Bertz CT molecular complexity index is 655. The minimum Gasteiger partial charge on any atom is -0.423 e. The van der Waals surface area contributed by atoms with Crippen molar-refractivity contribution in [3.05, 3.63) is 65.7 Å². The zero-order valence-corrected chi connectivity index (χ0v) is 13.1. The van der Waals surface area contributed by atoms with Crippen LogP contribution in [0.2, 0.25) is 0 Å². The molecule has 114 valence electrons. The molecule has 22 heavy (non-hydrogen) atoms. The number of benzene rings is 2. The van der Waals surface area contributed by atoms with Crippen molar-refractivity contribution in [3.8, 4) is 5.75 Å². The molecular weight excluding hydrogens is 276 g/mol. The van der Waals surface area contributed by atoms with Gasteiger partial charge in [0.2, 0.25) is 0 Å². The van der Waals surface area contributed by atoms with Crippen molar-refractivity contribution >= 4 is 11.8 Å². The van der Waals surface area contributed by atoms with E-state index in [9.17, 15) is 9.59 Å². The maximum atomic E-state index is 12.4. The molecule has 0 aromatic heterocycles. The van der Waals surface area contributed by atoms with Crippen LogP contribution in [0.3, 0.4) is 0 Å². The lowest BCUT2D eigenvalue weighted by Gasteiger charge is -2.20. The minimum atomic E-state index is -0.431. The number of Topliss-reactive ketones (excluding diaryl/α,β-unsaturated/α-hetero) is 1. The SMILES string of the molecule is CCC(C)(C)C(=O)c1ccc(C(=O)Oc2ccccc2)cc1. The van der Waals surface area contributed by atoms with Crippen LogP contribution in [0.5, 0.6) is 5.75 Å². The Kier molecular flexibility index (Phi) is 4.76. The van der Waals surface area contributed by atoms with Gasteiger partial charge in [-0.2, -0.15) is 0 Å². The number of ether oxygens (including phenoxy) is 1.